The lowest BCUT2D eigenvalue weighted by atomic mass is 9.84. The highest BCUT2D eigenvalue weighted by Gasteiger charge is 2.36. The van der Waals surface area contributed by atoms with Gasteiger partial charge in [0, 0.05) is 11.1 Å². The molecule has 1 aliphatic carbocycles. The first-order valence-corrected chi connectivity index (χ1v) is 8.35. The Labute approximate surface area is 146 Å². The van der Waals surface area contributed by atoms with E-state index in [4.69, 9.17) is 0 Å². The molecule has 2 amide bonds. The summed E-state index contributed by atoms with van der Waals surface area (Å²) >= 11 is 0. The average Bonchev–Trinajstić information content (AvgIpc) is 2.81. The molecule has 0 bridgehead atoms. The van der Waals surface area contributed by atoms with E-state index >= 15 is 0 Å². The van der Waals surface area contributed by atoms with Crippen molar-refractivity contribution in [3.63, 3.8) is 0 Å². The van der Waals surface area contributed by atoms with Crippen molar-refractivity contribution in [2.45, 2.75) is 27.7 Å². The summed E-state index contributed by atoms with van der Waals surface area (Å²) in [7, 11) is 0. The van der Waals surface area contributed by atoms with E-state index in [-0.39, 0.29) is 17.6 Å². The van der Waals surface area contributed by atoms with E-state index in [0.717, 1.165) is 5.01 Å². The Morgan fingerprint density at radius 3 is 1.64 bits per heavy atom. The van der Waals surface area contributed by atoms with Crippen LogP contribution in [0.4, 0.5) is 0 Å². The van der Waals surface area contributed by atoms with E-state index in [9.17, 15) is 14.4 Å². The highest BCUT2D eigenvalue weighted by Crippen LogP contribution is 2.27. The normalized spacial score (nSPS) is 17.3. The maximum absolute atomic E-state index is 12.6. The highest BCUT2D eigenvalue weighted by atomic mass is 16.2. The molecule has 1 heterocycles. The Morgan fingerprint density at radius 1 is 0.800 bits per heavy atom. The number of fused-ring (bicyclic) bond motifs is 1. The van der Waals surface area contributed by atoms with Gasteiger partial charge in [-0.05, 0) is 36.1 Å². The summed E-state index contributed by atoms with van der Waals surface area (Å²) in [5, 5.41) is 5.14. The van der Waals surface area contributed by atoms with Gasteiger partial charge >= 0.3 is 0 Å². The molecule has 1 aromatic rings. The smallest absolute Gasteiger partial charge is 0.282 e. The zero-order valence-corrected chi connectivity index (χ0v) is 14.7. The van der Waals surface area contributed by atoms with E-state index in [1.54, 1.807) is 36.4 Å². The van der Waals surface area contributed by atoms with E-state index in [2.05, 4.69) is 5.10 Å². The van der Waals surface area contributed by atoms with E-state index < -0.39 is 11.8 Å². The number of amides is 2. The summed E-state index contributed by atoms with van der Waals surface area (Å²) < 4.78 is 0. The number of imide groups is 1. The monoisotopic (exact) mass is 336 g/mol. The first kappa shape index (κ1) is 17.0. The number of ketones is 1. The maximum Gasteiger partial charge on any atom is 0.282 e. The molecule has 3 rings (SSSR count). The number of nitrogens with zero attached hydrogens (tertiary/aromatic N) is 2. The third kappa shape index (κ3) is 2.86. The lowest BCUT2D eigenvalue weighted by Crippen LogP contribution is -2.27. The molecule has 0 radical (unpaired) electrons. The average molecular weight is 336 g/mol. The van der Waals surface area contributed by atoms with Crippen molar-refractivity contribution in [1.29, 1.82) is 0 Å². The van der Waals surface area contributed by atoms with Gasteiger partial charge in [-0.3, -0.25) is 14.4 Å². The second-order valence-electron chi connectivity index (χ2n) is 6.83. The maximum atomic E-state index is 12.6. The molecule has 128 valence electrons. The van der Waals surface area contributed by atoms with Crippen LogP contribution in [0.25, 0.3) is 0 Å². The van der Waals surface area contributed by atoms with Gasteiger partial charge in [-0.15, -0.1) is 0 Å². The number of Topliss-reactive ketones (excluding diaryl/α,β-unsaturated/α-hetero) is 1. The number of carbonyl (C=O) groups excluding carboxylic acids is 3. The fourth-order valence-corrected chi connectivity index (χ4v) is 2.96. The molecule has 0 atom stereocenters. The van der Waals surface area contributed by atoms with E-state index in [0.29, 0.717) is 28.0 Å². The van der Waals surface area contributed by atoms with Gasteiger partial charge in [-0.25, -0.2) is 0 Å². The fourth-order valence-electron chi connectivity index (χ4n) is 2.96. The van der Waals surface area contributed by atoms with Crippen LogP contribution in [0.5, 0.6) is 0 Å². The van der Waals surface area contributed by atoms with Crippen molar-refractivity contribution >= 4 is 23.3 Å². The third-order valence-electron chi connectivity index (χ3n) is 4.36. The summed E-state index contributed by atoms with van der Waals surface area (Å²) in [6, 6.07) is 6.66. The molecule has 5 heteroatoms. The fraction of sp³-hybridized carbons (Fsp3) is 0.300. The SMILES string of the molecule is CC(C)C1=CC(=NN2C(=O)c3ccccc3C2=O)C=C(C(C)C)C1=O. The Balaban J connectivity index is 2.05. The number of allylic oxidation sites excluding steroid dienone is 4. The second-order valence-corrected chi connectivity index (χ2v) is 6.83. The lowest BCUT2D eigenvalue weighted by molar-refractivity contribution is -0.113. The number of carbonyl (C=O) groups is 3. The van der Waals surface area contributed by atoms with Gasteiger partial charge < -0.3 is 0 Å². The predicted octanol–water partition coefficient (Wildman–Crippen LogP) is 3.39. The number of benzene rings is 1. The topological polar surface area (TPSA) is 66.8 Å². The van der Waals surface area contributed by atoms with Crippen LogP contribution in [-0.4, -0.2) is 28.3 Å². The molecule has 0 N–H and O–H groups in total. The molecule has 0 saturated heterocycles. The highest BCUT2D eigenvalue weighted by molar-refractivity contribution is 6.25. The number of rotatable bonds is 3. The van der Waals surface area contributed by atoms with Crippen LogP contribution < -0.4 is 0 Å². The number of hydrazone groups is 1. The van der Waals surface area contributed by atoms with Crippen molar-refractivity contribution in [3.05, 3.63) is 58.7 Å². The molecule has 0 unspecified atom stereocenters. The number of hydrogen-bond donors (Lipinski definition) is 0. The zero-order chi connectivity index (χ0) is 18.3. The van der Waals surface area contributed by atoms with Crippen LogP contribution in [0.1, 0.15) is 48.4 Å². The van der Waals surface area contributed by atoms with Crippen LogP contribution in [0.3, 0.4) is 0 Å². The van der Waals surface area contributed by atoms with Crippen LogP contribution >= 0.6 is 0 Å². The molecule has 5 nitrogen and oxygen atoms in total. The Kier molecular flexibility index (Phi) is 4.25. The summed E-state index contributed by atoms with van der Waals surface area (Å²) in [4.78, 5) is 37.5. The summed E-state index contributed by atoms with van der Waals surface area (Å²) in [6.45, 7) is 7.75. The number of hydrogen-bond acceptors (Lipinski definition) is 4. The van der Waals surface area contributed by atoms with Crippen LogP contribution in [0, 0.1) is 11.8 Å². The largest absolute Gasteiger partial charge is 0.289 e. The lowest BCUT2D eigenvalue weighted by Gasteiger charge is -2.20. The molecular formula is C20H20N2O3. The standard InChI is InChI=1S/C20H20N2O3/c1-11(2)16-9-13(10-17(12(3)4)18(16)23)21-22-19(24)14-7-5-6-8-15(14)20(22)25/h5-12H,1-4H3. The van der Waals surface area contributed by atoms with Gasteiger partial charge in [-0.1, -0.05) is 39.8 Å². The van der Waals surface area contributed by atoms with Crippen molar-refractivity contribution in [2.75, 3.05) is 0 Å². The van der Waals surface area contributed by atoms with Crippen LogP contribution in [0.15, 0.2) is 52.7 Å². The van der Waals surface area contributed by atoms with Gasteiger partial charge in [0.2, 0.25) is 0 Å². The Bertz CT molecular complexity index is 808. The van der Waals surface area contributed by atoms with E-state index in [1.165, 1.54) is 0 Å². The zero-order valence-electron chi connectivity index (χ0n) is 14.7. The van der Waals surface area contributed by atoms with Crippen LogP contribution in [-0.2, 0) is 4.79 Å². The summed E-state index contributed by atoms with van der Waals surface area (Å²) in [5.74, 6) is -0.816. The third-order valence-corrected chi connectivity index (χ3v) is 4.36. The molecule has 0 saturated carbocycles. The molecule has 0 spiro atoms. The van der Waals surface area contributed by atoms with Gasteiger partial charge in [-0.2, -0.15) is 10.1 Å². The van der Waals surface area contributed by atoms with Gasteiger partial charge in [0.05, 0.1) is 16.8 Å². The predicted molar refractivity (Wildman–Crippen MR) is 95.2 cm³/mol. The Hall–Kier alpha value is -2.82. The summed E-state index contributed by atoms with van der Waals surface area (Å²) in [6.07, 6.45) is 3.34. The molecule has 0 aromatic heterocycles. The Morgan fingerprint density at radius 2 is 1.24 bits per heavy atom. The second kappa shape index (κ2) is 6.24. The van der Waals surface area contributed by atoms with E-state index in [1.807, 2.05) is 27.7 Å². The van der Waals surface area contributed by atoms with Crippen molar-refractivity contribution in [3.8, 4) is 0 Å². The molecule has 1 aromatic carbocycles. The van der Waals surface area contributed by atoms with Gasteiger partial charge in [0.25, 0.3) is 11.8 Å². The first-order chi connectivity index (χ1) is 11.8. The first-order valence-electron chi connectivity index (χ1n) is 8.35. The van der Waals surface area contributed by atoms with Gasteiger partial charge in [0.1, 0.15) is 0 Å². The molecule has 25 heavy (non-hydrogen) atoms. The molecule has 2 aliphatic rings. The molecule has 1 aliphatic heterocycles. The minimum Gasteiger partial charge on any atom is -0.289 e. The van der Waals surface area contributed by atoms with Crippen molar-refractivity contribution in [1.82, 2.24) is 5.01 Å². The molecular weight excluding hydrogens is 316 g/mol. The quantitative estimate of drug-likeness (QED) is 0.628. The van der Waals surface area contributed by atoms with Crippen LogP contribution in [0.2, 0.25) is 0 Å². The van der Waals surface area contributed by atoms with Crippen molar-refractivity contribution < 1.29 is 14.4 Å². The minimum atomic E-state index is -0.441. The van der Waals surface area contributed by atoms with Crippen molar-refractivity contribution in [2.24, 2.45) is 16.9 Å². The summed E-state index contributed by atoms with van der Waals surface area (Å²) in [5.41, 5.74) is 2.43. The minimum absolute atomic E-state index is 0.00584. The molecule has 0 fully saturated rings. The van der Waals surface area contributed by atoms with Gasteiger partial charge in [0.15, 0.2) is 5.78 Å².